The largest absolute Gasteiger partial charge is 0.387 e. The fourth-order valence-corrected chi connectivity index (χ4v) is 4.34. The van der Waals surface area contributed by atoms with Crippen LogP contribution in [0.5, 0.6) is 0 Å². The van der Waals surface area contributed by atoms with Gasteiger partial charge in [-0.05, 0) is 37.5 Å². The van der Waals surface area contributed by atoms with Crippen LogP contribution in [0.1, 0.15) is 56.7 Å². The topological polar surface area (TPSA) is 29.6 Å². The monoisotopic (exact) mass is 373 g/mol. The maximum Gasteiger partial charge on any atom is 0.128 e. The normalized spacial score (nSPS) is 17.7. The summed E-state index contributed by atoms with van der Waals surface area (Å²) in [6.07, 6.45) is 9.29. The standard InChI is InChI=1S/C23H33FN2O/c1-2-22(27)18-25(15-19-9-4-3-5-10-19)17-21-12-8-14-26(21)16-20-11-6-7-13-23(20)24/h6-8,11-14,19,22,27H,2-5,9-10,15-18H2,1H3/p+1/t22-/m1/s1. The van der Waals surface area contributed by atoms with Crippen LogP contribution in [-0.4, -0.2) is 28.9 Å². The van der Waals surface area contributed by atoms with E-state index in [2.05, 4.69) is 10.6 Å². The second kappa shape index (κ2) is 10.0. The number of rotatable bonds is 9. The van der Waals surface area contributed by atoms with Crippen LogP contribution in [0.15, 0.2) is 42.6 Å². The van der Waals surface area contributed by atoms with Crippen LogP contribution in [0.3, 0.4) is 0 Å². The summed E-state index contributed by atoms with van der Waals surface area (Å²) in [6.45, 7) is 5.40. The summed E-state index contributed by atoms with van der Waals surface area (Å²) >= 11 is 0. The lowest BCUT2D eigenvalue weighted by atomic mass is 9.89. The number of hydrogen-bond donors (Lipinski definition) is 2. The molecule has 148 valence electrons. The van der Waals surface area contributed by atoms with E-state index in [1.54, 1.807) is 6.07 Å². The number of quaternary nitrogens is 1. The molecule has 1 aromatic heterocycles. The summed E-state index contributed by atoms with van der Waals surface area (Å²) < 4.78 is 16.2. The molecule has 4 heteroatoms. The third-order valence-electron chi connectivity index (χ3n) is 5.95. The molecule has 0 amide bonds. The molecule has 0 aliphatic heterocycles. The molecule has 27 heavy (non-hydrogen) atoms. The first-order valence-electron chi connectivity index (χ1n) is 10.5. The van der Waals surface area contributed by atoms with Gasteiger partial charge in [-0.1, -0.05) is 44.4 Å². The molecule has 3 rings (SSSR count). The summed E-state index contributed by atoms with van der Waals surface area (Å²) in [5.41, 5.74) is 1.93. The van der Waals surface area contributed by atoms with E-state index in [0.29, 0.717) is 6.54 Å². The minimum Gasteiger partial charge on any atom is -0.387 e. The van der Waals surface area contributed by atoms with Gasteiger partial charge in [0.2, 0.25) is 0 Å². The molecule has 1 saturated carbocycles. The van der Waals surface area contributed by atoms with Gasteiger partial charge in [-0.15, -0.1) is 0 Å². The van der Waals surface area contributed by atoms with Gasteiger partial charge in [0.25, 0.3) is 0 Å². The van der Waals surface area contributed by atoms with Crippen molar-refractivity contribution >= 4 is 0 Å². The fourth-order valence-electron chi connectivity index (χ4n) is 4.34. The highest BCUT2D eigenvalue weighted by molar-refractivity contribution is 5.19. The number of aromatic nitrogens is 1. The number of halogens is 1. The quantitative estimate of drug-likeness (QED) is 0.693. The predicted octanol–water partition coefficient (Wildman–Crippen LogP) is 3.41. The van der Waals surface area contributed by atoms with Crippen molar-refractivity contribution in [3.8, 4) is 0 Å². The van der Waals surface area contributed by atoms with E-state index >= 15 is 0 Å². The van der Waals surface area contributed by atoms with Crippen molar-refractivity contribution in [3.63, 3.8) is 0 Å². The fraction of sp³-hybridized carbons (Fsp3) is 0.565. The average Bonchev–Trinajstić information content (AvgIpc) is 3.11. The van der Waals surface area contributed by atoms with Crippen molar-refractivity contribution in [1.29, 1.82) is 0 Å². The number of aliphatic hydroxyl groups is 1. The van der Waals surface area contributed by atoms with Crippen LogP contribution in [0.2, 0.25) is 0 Å². The Morgan fingerprint density at radius 3 is 2.67 bits per heavy atom. The second-order valence-electron chi connectivity index (χ2n) is 8.12. The molecule has 0 spiro atoms. The first-order valence-corrected chi connectivity index (χ1v) is 10.5. The van der Waals surface area contributed by atoms with E-state index in [-0.39, 0.29) is 11.9 Å². The lowest BCUT2D eigenvalue weighted by Gasteiger charge is -2.29. The Morgan fingerprint density at radius 1 is 1.15 bits per heavy atom. The minimum absolute atomic E-state index is 0.148. The maximum absolute atomic E-state index is 14.1. The molecule has 1 aliphatic rings. The van der Waals surface area contributed by atoms with Crippen LogP contribution in [0, 0.1) is 11.7 Å². The third kappa shape index (κ3) is 5.91. The number of nitrogens with one attached hydrogen (secondary N) is 1. The predicted molar refractivity (Wildman–Crippen MR) is 107 cm³/mol. The lowest BCUT2D eigenvalue weighted by molar-refractivity contribution is -0.920. The van der Waals surface area contributed by atoms with Crippen molar-refractivity contribution in [3.05, 3.63) is 59.7 Å². The SMILES string of the molecule is CC[C@@H](O)C[NH+](Cc1cccn1Cc1ccccc1F)CC1CCCCC1. The lowest BCUT2D eigenvalue weighted by Crippen LogP contribution is -3.12. The van der Waals surface area contributed by atoms with Crippen molar-refractivity contribution in [2.24, 2.45) is 5.92 Å². The van der Waals surface area contributed by atoms with Gasteiger partial charge < -0.3 is 14.6 Å². The summed E-state index contributed by atoms with van der Waals surface area (Å²) in [6, 6.07) is 11.2. The van der Waals surface area contributed by atoms with E-state index in [9.17, 15) is 9.50 Å². The highest BCUT2D eigenvalue weighted by Crippen LogP contribution is 2.22. The van der Waals surface area contributed by atoms with Crippen LogP contribution >= 0.6 is 0 Å². The zero-order valence-electron chi connectivity index (χ0n) is 16.5. The van der Waals surface area contributed by atoms with Crippen LogP contribution in [0.4, 0.5) is 4.39 Å². The molecule has 1 heterocycles. The van der Waals surface area contributed by atoms with E-state index in [1.807, 2.05) is 31.3 Å². The maximum atomic E-state index is 14.1. The Balaban J connectivity index is 1.69. The van der Waals surface area contributed by atoms with Gasteiger partial charge in [-0.25, -0.2) is 4.39 Å². The Morgan fingerprint density at radius 2 is 1.93 bits per heavy atom. The van der Waals surface area contributed by atoms with Crippen LogP contribution in [0.25, 0.3) is 0 Å². The second-order valence-corrected chi connectivity index (χ2v) is 8.12. The molecule has 3 nitrogen and oxygen atoms in total. The number of benzene rings is 1. The average molecular weight is 374 g/mol. The van der Waals surface area contributed by atoms with Gasteiger partial charge in [0.1, 0.15) is 25.0 Å². The highest BCUT2D eigenvalue weighted by Gasteiger charge is 2.23. The van der Waals surface area contributed by atoms with Gasteiger partial charge >= 0.3 is 0 Å². The van der Waals surface area contributed by atoms with E-state index < -0.39 is 0 Å². The highest BCUT2D eigenvalue weighted by atomic mass is 19.1. The third-order valence-corrected chi connectivity index (χ3v) is 5.95. The van der Waals surface area contributed by atoms with E-state index in [0.717, 1.165) is 37.5 Å². The Kier molecular flexibility index (Phi) is 7.48. The molecule has 0 saturated heterocycles. The Hall–Kier alpha value is -1.65. The minimum atomic E-state index is -0.251. The summed E-state index contributed by atoms with van der Waals surface area (Å²) in [4.78, 5) is 1.45. The molecule has 1 fully saturated rings. The molecular formula is C23H34FN2O+. The van der Waals surface area contributed by atoms with Gasteiger partial charge in [-0.2, -0.15) is 0 Å². The molecule has 2 aromatic rings. The summed E-state index contributed by atoms with van der Waals surface area (Å²) in [5, 5.41) is 10.3. The number of hydrogen-bond acceptors (Lipinski definition) is 1. The number of nitrogens with zero attached hydrogens (tertiary/aromatic N) is 1. The molecule has 2 N–H and O–H groups in total. The summed E-state index contributed by atoms with van der Waals surface area (Å²) in [5.74, 6) is 0.623. The summed E-state index contributed by atoms with van der Waals surface area (Å²) in [7, 11) is 0. The molecule has 2 atom stereocenters. The van der Waals surface area contributed by atoms with Gasteiger partial charge in [-0.3, -0.25) is 0 Å². The zero-order chi connectivity index (χ0) is 19.1. The van der Waals surface area contributed by atoms with Crippen molar-refractivity contribution in [2.45, 2.75) is 64.6 Å². The zero-order valence-corrected chi connectivity index (χ0v) is 16.5. The molecule has 0 radical (unpaired) electrons. The van der Waals surface area contributed by atoms with E-state index in [4.69, 9.17) is 0 Å². The van der Waals surface area contributed by atoms with Crippen LogP contribution < -0.4 is 4.90 Å². The molecule has 1 aliphatic carbocycles. The Labute approximate surface area is 162 Å². The van der Waals surface area contributed by atoms with Crippen LogP contribution in [-0.2, 0) is 13.1 Å². The van der Waals surface area contributed by atoms with Gasteiger partial charge in [0.05, 0.1) is 18.8 Å². The first kappa shape index (κ1) is 20.1. The molecule has 1 unspecified atom stereocenters. The molecule has 0 bridgehead atoms. The van der Waals surface area contributed by atoms with Crippen molar-refractivity contribution in [2.75, 3.05) is 13.1 Å². The first-order chi connectivity index (χ1) is 13.2. The van der Waals surface area contributed by atoms with Crippen molar-refractivity contribution < 1.29 is 14.4 Å². The van der Waals surface area contributed by atoms with Crippen molar-refractivity contribution in [1.82, 2.24) is 4.57 Å². The Bertz CT molecular complexity index is 693. The number of aliphatic hydroxyl groups excluding tert-OH is 1. The van der Waals surface area contributed by atoms with Gasteiger partial charge in [0.15, 0.2) is 0 Å². The molecule has 1 aromatic carbocycles. The van der Waals surface area contributed by atoms with E-state index in [1.165, 1.54) is 48.8 Å². The smallest absolute Gasteiger partial charge is 0.128 e. The van der Waals surface area contributed by atoms with Gasteiger partial charge in [0, 0.05) is 17.7 Å². The molecular weight excluding hydrogens is 339 g/mol.